The van der Waals surface area contributed by atoms with Gasteiger partial charge in [0.05, 0.1) is 11.6 Å². The van der Waals surface area contributed by atoms with Gasteiger partial charge in [0.15, 0.2) is 5.96 Å². The minimum atomic E-state index is 0.311. The molecule has 0 saturated carbocycles. The number of aromatic nitrogens is 1. The number of hydrogen-bond donors (Lipinski definition) is 2. The first-order valence-corrected chi connectivity index (χ1v) is 11.0. The molecule has 2 aromatic rings. The fourth-order valence-corrected chi connectivity index (χ4v) is 4.11. The lowest BCUT2D eigenvalue weighted by Crippen LogP contribution is -2.44. The fraction of sp³-hybridized carbons (Fsp3) is 0.391. The predicted molar refractivity (Wildman–Crippen MR) is 126 cm³/mol. The van der Waals surface area contributed by atoms with Crippen LogP contribution in [-0.2, 0) is 6.54 Å². The first kappa shape index (κ1) is 20.5. The number of halogens is 1. The normalized spacial score (nSPS) is 18.9. The maximum Gasteiger partial charge on any atom is 0.191 e. The summed E-state index contributed by atoms with van der Waals surface area (Å²) in [4.78, 5) is 13.8. The summed E-state index contributed by atoms with van der Waals surface area (Å²) in [6.07, 6.45) is 7.23. The van der Waals surface area contributed by atoms with Crippen LogP contribution in [-0.4, -0.2) is 49.7 Å². The van der Waals surface area contributed by atoms with Gasteiger partial charge in [0.2, 0.25) is 0 Å². The van der Waals surface area contributed by atoms with Crippen LogP contribution in [0.5, 0.6) is 0 Å². The molecule has 2 aliphatic heterocycles. The van der Waals surface area contributed by atoms with Crippen molar-refractivity contribution in [3.8, 4) is 0 Å². The van der Waals surface area contributed by atoms with E-state index < -0.39 is 0 Å². The molecule has 30 heavy (non-hydrogen) atoms. The molecule has 2 aliphatic rings. The van der Waals surface area contributed by atoms with E-state index in [-0.39, 0.29) is 0 Å². The van der Waals surface area contributed by atoms with E-state index in [0.717, 1.165) is 50.9 Å². The molecule has 158 valence electrons. The molecule has 2 N–H and O–H groups in total. The smallest absolute Gasteiger partial charge is 0.191 e. The highest BCUT2D eigenvalue weighted by atomic mass is 35.5. The Bertz CT molecular complexity index is 887. The molecule has 1 saturated heterocycles. The monoisotopic (exact) mass is 424 g/mol. The van der Waals surface area contributed by atoms with E-state index in [1.54, 1.807) is 6.20 Å². The van der Waals surface area contributed by atoms with Gasteiger partial charge in [0.25, 0.3) is 0 Å². The van der Waals surface area contributed by atoms with Gasteiger partial charge in [-0.15, -0.1) is 0 Å². The lowest BCUT2D eigenvalue weighted by Gasteiger charge is -2.20. The standard InChI is InChI=1S/C23H29ClN6/c1-2-25-23(27-16-18-7-9-20(10-8-18)29-13-3-4-14-29)28-19-11-15-30(17-19)22-21(24)6-5-12-26-22/h3-10,12,19H,2,11,13-17H2,1H3,(H2,25,27,28). The molecule has 4 rings (SSSR count). The highest BCUT2D eigenvalue weighted by Crippen LogP contribution is 2.25. The van der Waals surface area contributed by atoms with Crippen molar-refractivity contribution in [1.29, 1.82) is 0 Å². The Labute approximate surface area is 183 Å². The summed E-state index contributed by atoms with van der Waals surface area (Å²) in [5, 5.41) is 7.64. The third-order valence-corrected chi connectivity index (χ3v) is 5.75. The number of guanidine groups is 1. The van der Waals surface area contributed by atoms with Crippen molar-refractivity contribution in [3.63, 3.8) is 0 Å². The number of anilines is 2. The number of aliphatic imine (C=N–C) groups is 1. The second-order valence-corrected chi connectivity index (χ2v) is 8.03. The zero-order chi connectivity index (χ0) is 20.8. The number of benzene rings is 1. The molecular formula is C23H29ClN6. The van der Waals surface area contributed by atoms with Gasteiger partial charge in [-0.1, -0.05) is 35.9 Å². The first-order chi connectivity index (χ1) is 14.7. The molecule has 1 atom stereocenters. The Balaban J connectivity index is 1.34. The molecule has 7 heteroatoms. The van der Waals surface area contributed by atoms with Crippen LogP contribution in [0.15, 0.2) is 59.7 Å². The average Bonchev–Trinajstić information content (AvgIpc) is 3.45. The summed E-state index contributed by atoms with van der Waals surface area (Å²) in [7, 11) is 0. The number of rotatable bonds is 6. The quantitative estimate of drug-likeness (QED) is 0.422. The highest BCUT2D eigenvalue weighted by molar-refractivity contribution is 6.32. The van der Waals surface area contributed by atoms with Gasteiger partial charge in [-0.25, -0.2) is 9.98 Å². The van der Waals surface area contributed by atoms with Crippen LogP contribution in [0.2, 0.25) is 5.02 Å². The Kier molecular flexibility index (Phi) is 6.74. The van der Waals surface area contributed by atoms with Crippen molar-refractivity contribution in [2.45, 2.75) is 25.9 Å². The zero-order valence-corrected chi connectivity index (χ0v) is 18.1. The van der Waals surface area contributed by atoms with Crippen molar-refractivity contribution in [1.82, 2.24) is 15.6 Å². The molecule has 0 amide bonds. The van der Waals surface area contributed by atoms with Crippen LogP contribution in [0.25, 0.3) is 0 Å². The van der Waals surface area contributed by atoms with Gasteiger partial charge in [-0.3, -0.25) is 0 Å². The van der Waals surface area contributed by atoms with Gasteiger partial charge < -0.3 is 20.4 Å². The molecule has 1 fully saturated rings. The summed E-state index contributed by atoms with van der Waals surface area (Å²) in [5.74, 6) is 1.71. The van der Waals surface area contributed by atoms with Crippen LogP contribution >= 0.6 is 11.6 Å². The van der Waals surface area contributed by atoms with E-state index in [4.69, 9.17) is 16.6 Å². The topological polar surface area (TPSA) is 55.8 Å². The molecule has 0 aliphatic carbocycles. The van der Waals surface area contributed by atoms with Gasteiger partial charge >= 0.3 is 0 Å². The molecule has 0 bridgehead atoms. The number of hydrogen-bond acceptors (Lipinski definition) is 4. The summed E-state index contributed by atoms with van der Waals surface area (Å²) in [6.45, 7) is 7.35. The second-order valence-electron chi connectivity index (χ2n) is 7.62. The average molecular weight is 425 g/mol. The van der Waals surface area contributed by atoms with Gasteiger partial charge in [0, 0.05) is 50.6 Å². The summed E-state index contributed by atoms with van der Waals surface area (Å²) in [6, 6.07) is 12.8. The van der Waals surface area contributed by atoms with Crippen molar-refractivity contribution in [3.05, 3.63) is 65.3 Å². The van der Waals surface area contributed by atoms with Crippen molar-refractivity contribution in [2.75, 3.05) is 42.5 Å². The molecule has 3 heterocycles. The van der Waals surface area contributed by atoms with E-state index in [2.05, 4.69) is 68.8 Å². The number of nitrogens with zero attached hydrogens (tertiary/aromatic N) is 4. The van der Waals surface area contributed by atoms with Crippen LogP contribution in [0.3, 0.4) is 0 Å². The molecule has 1 aromatic carbocycles. The van der Waals surface area contributed by atoms with Gasteiger partial charge in [-0.05, 0) is 43.2 Å². The van der Waals surface area contributed by atoms with Crippen LogP contribution in [0.1, 0.15) is 18.9 Å². The molecule has 0 spiro atoms. The molecule has 6 nitrogen and oxygen atoms in total. The van der Waals surface area contributed by atoms with Crippen LogP contribution < -0.4 is 20.4 Å². The lowest BCUT2D eigenvalue weighted by molar-refractivity contribution is 0.649. The largest absolute Gasteiger partial charge is 0.364 e. The highest BCUT2D eigenvalue weighted by Gasteiger charge is 2.25. The number of pyridine rings is 1. The molecule has 1 unspecified atom stereocenters. The summed E-state index contributed by atoms with van der Waals surface area (Å²) < 4.78 is 0. The Morgan fingerprint density at radius 1 is 1.17 bits per heavy atom. The molecule has 1 aromatic heterocycles. The number of nitrogens with one attached hydrogen (secondary N) is 2. The maximum atomic E-state index is 6.31. The third-order valence-electron chi connectivity index (χ3n) is 5.45. The third kappa shape index (κ3) is 5.05. The Morgan fingerprint density at radius 2 is 1.97 bits per heavy atom. The van der Waals surface area contributed by atoms with Crippen molar-refractivity contribution in [2.24, 2.45) is 4.99 Å². The van der Waals surface area contributed by atoms with Gasteiger partial charge in [-0.2, -0.15) is 0 Å². The predicted octanol–water partition coefficient (Wildman–Crippen LogP) is 3.45. The summed E-state index contributed by atoms with van der Waals surface area (Å²) in [5.41, 5.74) is 2.47. The van der Waals surface area contributed by atoms with E-state index in [1.807, 2.05) is 12.1 Å². The van der Waals surface area contributed by atoms with E-state index in [9.17, 15) is 0 Å². The zero-order valence-electron chi connectivity index (χ0n) is 17.4. The SMILES string of the molecule is CCNC(=NCc1ccc(N2CC=CC2)cc1)NC1CCN(c2ncccc2Cl)C1. The van der Waals surface area contributed by atoms with Crippen LogP contribution in [0.4, 0.5) is 11.5 Å². The molecular weight excluding hydrogens is 396 g/mol. The molecule has 0 radical (unpaired) electrons. The fourth-order valence-electron chi connectivity index (χ4n) is 3.87. The Morgan fingerprint density at radius 3 is 2.70 bits per heavy atom. The lowest BCUT2D eigenvalue weighted by atomic mass is 10.2. The van der Waals surface area contributed by atoms with E-state index in [0.29, 0.717) is 17.6 Å². The van der Waals surface area contributed by atoms with E-state index >= 15 is 0 Å². The minimum Gasteiger partial charge on any atom is -0.364 e. The van der Waals surface area contributed by atoms with E-state index in [1.165, 1.54) is 11.3 Å². The van der Waals surface area contributed by atoms with Gasteiger partial charge in [0.1, 0.15) is 5.82 Å². The van der Waals surface area contributed by atoms with Crippen LogP contribution in [0, 0.1) is 0 Å². The van der Waals surface area contributed by atoms with Crippen molar-refractivity contribution < 1.29 is 0 Å². The summed E-state index contributed by atoms with van der Waals surface area (Å²) >= 11 is 6.31. The second kappa shape index (κ2) is 9.85. The first-order valence-electron chi connectivity index (χ1n) is 10.6. The van der Waals surface area contributed by atoms with Crippen molar-refractivity contribution >= 4 is 29.1 Å². The minimum absolute atomic E-state index is 0.311. The maximum absolute atomic E-state index is 6.31. The Hall–Kier alpha value is -2.73.